The first kappa shape index (κ1) is 19.0. The number of carbonyl (C=O) groups excluding carboxylic acids is 1. The minimum Gasteiger partial charge on any atom is -0.493 e. The third-order valence-corrected chi connectivity index (χ3v) is 5.20. The topological polar surface area (TPSA) is 113 Å². The van der Waals surface area contributed by atoms with Gasteiger partial charge in [-0.3, -0.25) is 5.43 Å². The number of primary amides is 1. The highest BCUT2D eigenvalue weighted by Gasteiger charge is 2.40. The highest BCUT2D eigenvalue weighted by Crippen LogP contribution is 2.51. The molecule has 0 aliphatic carbocycles. The van der Waals surface area contributed by atoms with E-state index in [4.69, 9.17) is 29.4 Å². The van der Waals surface area contributed by atoms with Crippen molar-refractivity contribution >= 4 is 6.03 Å². The average Bonchev–Trinajstić information content (AvgIpc) is 3.17. The van der Waals surface area contributed by atoms with Crippen molar-refractivity contribution in [1.82, 2.24) is 10.9 Å². The van der Waals surface area contributed by atoms with E-state index in [1.807, 2.05) is 31.2 Å². The molecule has 2 aromatic carbocycles. The third-order valence-electron chi connectivity index (χ3n) is 5.20. The molecular weight excluding hydrogens is 378 g/mol. The van der Waals surface area contributed by atoms with Gasteiger partial charge < -0.3 is 29.4 Å². The predicted octanol–water partition coefficient (Wildman–Crippen LogP) is 2.09. The average molecular weight is 401 g/mol. The standard InChI is InChI=1S/C20H23N3O6/c1-10-17(11-5-4-6-13(25-2)18(11)26-3)12-7-15-16(28-9-27-15)8-14(12)29-19(10)22-23-20(21)24/h4-8,10,17,19,22H,9H2,1-3H3,(H3,21,23,24)/t10-,17+,19-/m1/s1. The zero-order valence-corrected chi connectivity index (χ0v) is 16.4. The van der Waals surface area contributed by atoms with Crippen molar-refractivity contribution in [1.29, 1.82) is 0 Å². The van der Waals surface area contributed by atoms with Gasteiger partial charge in [-0.2, -0.15) is 5.43 Å². The van der Waals surface area contributed by atoms with E-state index < -0.39 is 12.3 Å². The van der Waals surface area contributed by atoms with E-state index in [-0.39, 0.29) is 18.6 Å². The Bertz CT molecular complexity index is 935. The molecule has 154 valence electrons. The van der Waals surface area contributed by atoms with Crippen LogP contribution in [0.5, 0.6) is 28.7 Å². The second-order valence-electron chi connectivity index (χ2n) is 6.83. The van der Waals surface area contributed by atoms with Gasteiger partial charge in [0.2, 0.25) is 6.79 Å². The normalized spacial score (nSPS) is 21.7. The fraction of sp³-hybridized carbons (Fsp3) is 0.350. The molecule has 0 saturated carbocycles. The number of amides is 2. The second-order valence-corrected chi connectivity index (χ2v) is 6.83. The SMILES string of the molecule is COc1cccc([C@H]2c3cc4c(cc3O[C@@H](NNC(N)=O)[C@@H]2C)OCO4)c1OC. The summed E-state index contributed by atoms with van der Waals surface area (Å²) in [5.41, 5.74) is 12.3. The lowest BCUT2D eigenvalue weighted by Gasteiger charge is -2.38. The first-order valence-electron chi connectivity index (χ1n) is 9.15. The Morgan fingerprint density at radius 3 is 2.55 bits per heavy atom. The van der Waals surface area contributed by atoms with Gasteiger partial charge in [-0.1, -0.05) is 19.1 Å². The van der Waals surface area contributed by atoms with Gasteiger partial charge in [0.25, 0.3) is 0 Å². The van der Waals surface area contributed by atoms with E-state index in [2.05, 4.69) is 10.9 Å². The summed E-state index contributed by atoms with van der Waals surface area (Å²) in [7, 11) is 3.21. The summed E-state index contributed by atoms with van der Waals surface area (Å²) in [6, 6.07) is 8.76. The number of ether oxygens (including phenoxy) is 5. The molecule has 4 rings (SSSR count). The second kappa shape index (κ2) is 7.59. The van der Waals surface area contributed by atoms with Gasteiger partial charge in [-0.15, -0.1) is 0 Å². The van der Waals surface area contributed by atoms with Crippen LogP contribution in [0.25, 0.3) is 0 Å². The van der Waals surface area contributed by atoms with Gasteiger partial charge in [-0.05, 0) is 12.1 Å². The van der Waals surface area contributed by atoms with Crippen LogP contribution in [0.4, 0.5) is 4.79 Å². The third kappa shape index (κ3) is 3.33. The van der Waals surface area contributed by atoms with Crippen LogP contribution in [0.1, 0.15) is 24.0 Å². The van der Waals surface area contributed by atoms with Crippen molar-refractivity contribution in [2.45, 2.75) is 19.1 Å². The molecule has 2 amide bonds. The van der Waals surface area contributed by atoms with Crippen LogP contribution in [0.3, 0.4) is 0 Å². The molecular formula is C20H23N3O6. The quantitative estimate of drug-likeness (QED) is 0.658. The van der Waals surface area contributed by atoms with Gasteiger partial charge in [-0.25, -0.2) is 4.79 Å². The molecule has 2 aromatic rings. The number of urea groups is 1. The molecule has 0 aromatic heterocycles. The Balaban J connectivity index is 1.84. The summed E-state index contributed by atoms with van der Waals surface area (Å²) < 4.78 is 28.3. The molecule has 3 atom stereocenters. The lowest BCUT2D eigenvalue weighted by atomic mass is 9.78. The van der Waals surface area contributed by atoms with Crippen LogP contribution in [-0.4, -0.2) is 33.3 Å². The van der Waals surface area contributed by atoms with Crippen LogP contribution in [0, 0.1) is 5.92 Å². The number of hydrogen-bond donors (Lipinski definition) is 3. The van der Waals surface area contributed by atoms with Gasteiger partial charge in [0, 0.05) is 29.0 Å². The van der Waals surface area contributed by atoms with Gasteiger partial charge in [0.05, 0.1) is 14.2 Å². The summed E-state index contributed by atoms with van der Waals surface area (Å²) in [4.78, 5) is 11.2. The van der Waals surface area contributed by atoms with E-state index in [0.29, 0.717) is 28.7 Å². The summed E-state index contributed by atoms with van der Waals surface area (Å²) in [6.07, 6.45) is -0.545. The van der Waals surface area contributed by atoms with E-state index in [9.17, 15) is 4.79 Å². The fourth-order valence-electron chi connectivity index (χ4n) is 3.90. The molecule has 0 spiro atoms. The van der Waals surface area contributed by atoms with E-state index in [1.54, 1.807) is 20.3 Å². The lowest BCUT2D eigenvalue weighted by Crippen LogP contribution is -2.54. The molecule has 2 aliphatic rings. The first-order chi connectivity index (χ1) is 14.0. The minimum atomic E-state index is -0.701. The van der Waals surface area contributed by atoms with Crippen molar-refractivity contribution in [3.05, 3.63) is 41.5 Å². The van der Waals surface area contributed by atoms with Crippen molar-refractivity contribution in [2.24, 2.45) is 11.7 Å². The molecule has 0 saturated heterocycles. The van der Waals surface area contributed by atoms with Gasteiger partial charge >= 0.3 is 6.03 Å². The highest BCUT2D eigenvalue weighted by molar-refractivity contribution is 5.71. The number of carbonyl (C=O) groups is 1. The number of hydrogen-bond acceptors (Lipinski definition) is 7. The predicted molar refractivity (Wildman–Crippen MR) is 103 cm³/mol. The summed E-state index contributed by atoms with van der Waals surface area (Å²) >= 11 is 0. The number of methoxy groups -OCH3 is 2. The molecule has 9 heteroatoms. The van der Waals surface area contributed by atoms with Gasteiger partial charge in [0.1, 0.15) is 5.75 Å². The molecule has 0 unspecified atom stereocenters. The van der Waals surface area contributed by atoms with E-state index >= 15 is 0 Å². The van der Waals surface area contributed by atoms with Crippen LogP contribution in [-0.2, 0) is 0 Å². The van der Waals surface area contributed by atoms with Crippen LogP contribution in [0.2, 0.25) is 0 Å². The molecule has 2 aliphatic heterocycles. The zero-order valence-electron chi connectivity index (χ0n) is 16.4. The smallest absolute Gasteiger partial charge is 0.326 e. The number of para-hydroxylation sites is 1. The molecule has 4 N–H and O–H groups in total. The number of fused-ring (bicyclic) bond motifs is 2. The molecule has 0 bridgehead atoms. The van der Waals surface area contributed by atoms with Crippen molar-refractivity contribution in [3.63, 3.8) is 0 Å². The molecule has 29 heavy (non-hydrogen) atoms. The van der Waals surface area contributed by atoms with Crippen LogP contribution in [0.15, 0.2) is 30.3 Å². The Morgan fingerprint density at radius 2 is 1.86 bits per heavy atom. The fourth-order valence-corrected chi connectivity index (χ4v) is 3.90. The largest absolute Gasteiger partial charge is 0.493 e. The maximum Gasteiger partial charge on any atom is 0.326 e. The molecule has 2 heterocycles. The summed E-state index contributed by atoms with van der Waals surface area (Å²) in [5, 5.41) is 0. The van der Waals surface area contributed by atoms with E-state index in [1.165, 1.54) is 0 Å². The maximum atomic E-state index is 11.2. The number of hydrazine groups is 1. The van der Waals surface area contributed by atoms with Crippen molar-refractivity contribution < 1.29 is 28.5 Å². The Labute approximate surface area is 168 Å². The monoisotopic (exact) mass is 401 g/mol. The first-order valence-corrected chi connectivity index (χ1v) is 9.15. The number of nitrogens with two attached hydrogens (primary N) is 1. The van der Waals surface area contributed by atoms with Gasteiger partial charge in [0.15, 0.2) is 29.2 Å². The highest BCUT2D eigenvalue weighted by atomic mass is 16.7. The van der Waals surface area contributed by atoms with Crippen molar-refractivity contribution in [2.75, 3.05) is 21.0 Å². The summed E-state index contributed by atoms with van der Waals surface area (Å²) in [5.74, 6) is 2.89. The molecule has 0 fully saturated rings. The lowest BCUT2D eigenvalue weighted by molar-refractivity contribution is 0.0687. The van der Waals surface area contributed by atoms with Crippen LogP contribution >= 0.6 is 0 Å². The minimum absolute atomic E-state index is 0.115. The van der Waals surface area contributed by atoms with Crippen LogP contribution < -0.4 is 40.3 Å². The number of benzene rings is 2. The Morgan fingerprint density at radius 1 is 1.10 bits per heavy atom. The Hall–Kier alpha value is -3.33. The number of rotatable bonds is 5. The maximum absolute atomic E-state index is 11.2. The molecule has 9 nitrogen and oxygen atoms in total. The van der Waals surface area contributed by atoms with Crippen molar-refractivity contribution in [3.8, 4) is 28.7 Å². The number of nitrogens with one attached hydrogen (secondary N) is 2. The zero-order chi connectivity index (χ0) is 20.5. The Kier molecular flexibility index (Phi) is 4.98. The summed E-state index contributed by atoms with van der Waals surface area (Å²) in [6.45, 7) is 2.17. The van der Waals surface area contributed by atoms with E-state index in [0.717, 1.165) is 11.1 Å². The molecule has 0 radical (unpaired) electrons.